The van der Waals surface area contributed by atoms with Gasteiger partial charge in [0.2, 0.25) is 5.88 Å². The first-order valence-corrected chi connectivity index (χ1v) is 9.76. The number of amides is 1. The van der Waals surface area contributed by atoms with Crippen molar-refractivity contribution in [3.05, 3.63) is 82.9 Å². The van der Waals surface area contributed by atoms with E-state index in [2.05, 4.69) is 37.4 Å². The molecule has 1 unspecified atom stereocenters. The number of hydrogen-bond donors (Lipinski definition) is 1. The van der Waals surface area contributed by atoms with Crippen LogP contribution in [-0.4, -0.2) is 23.7 Å². The Morgan fingerprint density at radius 3 is 2.59 bits per heavy atom. The van der Waals surface area contributed by atoms with Gasteiger partial charge in [0.1, 0.15) is 13.2 Å². The Kier molecular flexibility index (Phi) is 5.47. The molecule has 0 radical (unpaired) electrons. The minimum Gasteiger partial charge on any atom is -0.475 e. The highest BCUT2D eigenvalue weighted by Crippen LogP contribution is 2.30. The van der Waals surface area contributed by atoms with E-state index in [0.29, 0.717) is 18.9 Å². The quantitative estimate of drug-likeness (QED) is 0.710. The fourth-order valence-electron chi connectivity index (χ4n) is 3.64. The predicted molar refractivity (Wildman–Crippen MR) is 112 cm³/mol. The molecule has 1 aliphatic rings. The number of benzene rings is 2. The van der Waals surface area contributed by atoms with E-state index in [1.165, 1.54) is 11.1 Å². The summed E-state index contributed by atoms with van der Waals surface area (Å²) in [6, 6.07) is 19.8. The third kappa shape index (κ3) is 4.40. The Hall–Kier alpha value is -3.34. The number of rotatable bonds is 4. The average Bonchev–Trinajstić information content (AvgIpc) is 2.73. The SMILES string of the molecule is Cc1cccc(C)c1-c1ccc2c(n1)OCC(NC(=O)OCc1ccccc1)C2. The number of pyridine rings is 1. The van der Waals surface area contributed by atoms with Crippen LogP contribution in [0.15, 0.2) is 60.7 Å². The zero-order valence-corrected chi connectivity index (χ0v) is 16.6. The third-order valence-electron chi connectivity index (χ3n) is 5.10. The summed E-state index contributed by atoms with van der Waals surface area (Å²) in [6.45, 7) is 4.80. The lowest BCUT2D eigenvalue weighted by atomic mass is 9.98. The number of alkyl carbamates (subject to hydrolysis) is 1. The first-order chi connectivity index (χ1) is 14.1. The second kappa shape index (κ2) is 8.35. The fourth-order valence-corrected chi connectivity index (χ4v) is 3.64. The lowest BCUT2D eigenvalue weighted by molar-refractivity contribution is 0.128. The molecule has 5 nitrogen and oxygen atoms in total. The molecular weight excluding hydrogens is 364 g/mol. The van der Waals surface area contributed by atoms with Crippen LogP contribution < -0.4 is 10.1 Å². The van der Waals surface area contributed by atoms with E-state index < -0.39 is 6.09 Å². The zero-order chi connectivity index (χ0) is 20.2. The van der Waals surface area contributed by atoms with Crippen molar-refractivity contribution < 1.29 is 14.3 Å². The van der Waals surface area contributed by atoms with Crippen LogP contribution in [0.3, 0.4) is 0 Å². The Labute approximate surface area is 170 Å². The molecule has 2 heterocycles. The molecule has 3 aromatic rings. The molecule has 0 bridgehead atoms. The van der Waals surface area contributed by atoms with Crippen LogP contribution in [0.25, 0.3) is 11.3 Å². The first kappa shape index (κ1) is 19.0. The second-order valence-corrected chi connectivity index (χ2v) is 7.35. The van der Waals surface area contributed by atoms with Gasteiger partial charge >= 0.3 is 6.09 Å². The molecule has 0 aliphatic carbocycles. The number of nitrogens with zero attached hydrogens (tertiary/aromatic N) is 1. The van der Waals surface area contributed by atoms with Gasteiger partial charge in [0.05, 0.1) is 11.7 Å². The van der Waals surface area contributed by atoms with E-state index in [0.717, 1.165) is 22.4 Å². The number of hydrogen-bond acceptors (Lipinski definition) is 4. The molecule has 1 aromatic heterocycles. The monoisotopic (exact) mass is 388 g/mol. The zero-order valence-electron chi connectivity index (χ0n) is 16.6. The smallest absolute Gasteiger partial charge is 0.407 e. The number of nitrogens with one attached hydrogen (secondary N) is 1. The summed E-state index contributed by atoms with van der Waals surface area (Å²) in [6.07, 6.45) is 0.224. The van der Waals surface area contributed by atoms with Crippen molar-refractivity contribution in [2.75, 3.05) is 6.61 Å². The molecule has 1 atom stereocenters. The molecule has 2 aromatic carbocycles. The molecular formula is C24H24N2O3. The Bertz CT molecular complexity index is 998. The van der Waals surface area contributed by atoms with Gasteiger partial charge in [0.15, 0.2) is 0 Å². The largest absolute Gasteiger partial charge is 0.475 e. The molecule has 1 N–H and O–H groups in total. The van der Waals surface area contributed by atoms with Gasteiger partial charge in [-0.3, -0.25) is 0 Å². The standard InChI is InChI=1S/C24H24N2O3/c1-16-7-6-8-17(2)22(16)21-12-11-19-13-20(15-28-23(19)26-21)25-24(27)29-14-18-9-4-3-5-10-18/h3-12,20H,13-15H2,1-2H3,(H,25,27). The van der Waals surface area contributed by atoms with E-state index in [9.17, 15) is 4.79 Å². The van der Waals surface area contributed by atoms with Crippen LogP contribution >= 0.6 is 0 Å². The summed E-state index contributed by atoms with van der Waals surface area (Å²) in [5.74, 6) is 0.640. The first-order valence-electron chi connectivity index (χ1n) is 9.76. The van der Waals surface area contributed by atoms with Crippen LogP contribution in [-0.2, 0) is 17.8 Å². The summed E-state index contributed by atoms with van der Waals surface area (Å²) in [5, 5.41) is 2.88. The third-order valence-corrected chi connectivity index (χ3v) is 5.10. The Morgan fingerprint density at radius 2 is 1.83 bits per heavy atom. The van der Waals surface area contributed by atoms with E-state index in [-0.39, 0.29) is 12.6 Å². The maximum absolute atomic E-state index is 12.1. The summed E-state index contributed by atoms with van der Waals surface area (Å²) < 4.78 is 11.2. The Morgan fingerprint density at radius 1 is 1.07 bits per heavy atom. The van der Waals surface area contributed by atoms with Crippen LogP contribution in [0.4, 0.5) is 4.79 Å². The summed E-state index contributed by atoms with van der Waals surface area (Å²) in [7, 11) is 0. The minimum atomic E-state index is -0.439. The predicted octanol–water partition coefficient (Wildman–Crippen LogP) is 4.60. The van der Waals surface area contributed by atoms with Gasteiger partial charge in [0.25, 0.3) is 0 Å². The maximum atomic E-state index is 12.1. The molecule has 4 rings (SSSR count). The molecule has 0 spiro atoms. The number of ether oxygens (including phenoxy) is 2. The number of aryl methyl sites for hydroxylation is 2. The number of carbonyl (C=O) groups excluding carboxylic acids is 1. The molecule has 29 heavy (non-hydrogen) atoms. The molecule has 0 saturated heterocycles. The number of aromatic nitrogens is 1. The van der Waals surface area contributed by atoms with Crippen LogP contribution in [0, 0.1) is 13.8 Å². The van der Waals surface area contributed by atoms with Crippen molar-refractivity contribution in [1.29, 1.82) is 0 Å². The normalized spacial score (nSPS) is 15.2. The highest BCUT2D eigenvalue weighted by atomic mass is 16.5. The van der Waals surface area contributed by atoms with Crippen molar-refractivity contribution in [3.8, 4) is 17.1 Å². The van der Waals surface area contributed by atoms with Crippen molar-refractivity contribution in [1.82, 2.24) is 10.3 Å². The molecule has 0 saturated carbocycles. The number of fused-ring (bicyclic) bond motifs is 1. The molecule has 5 heteroatoms. The van der Waals surface area contributed by atoms with Crippen LogP contribution in [0.5, 0.6) is 5.88 Å². The second-order valence-electron chi connectivity index (χ2n) is 7.35. The molecule has 1 aliphatic heterocycles. The fraction of sp³-hybridized carbons (Fsp3) is 0.250. The summed E-state index contributed by atoms with van der Waals surface area (Å²) >= 11 is 0. The average molecular weight is 388 g/mol. The van der Waals surface area contributed by atoms with Gasteiger partial charge in [-0.15, -0.1) is 0 Å². The minimum absolute atomic E-state index is 0.140. The number of carbonyl (C=O) groups is 1. The molecule has 1 amide bonds. The van der Waals surface area contributed by atoms with E-state index in [1.807, 2.05) is 42.5 Å². The lowest BCUT2D eigenvalue weighted by Crippen LogP contribution is -2.43. The highest BCUT2D eigenvalue weighted by molar-refractivity contribution is 5.69. The van der Waals surface area contributed by atoms with Crippen molar-refractivity contribution in [3.63, 3.8) is 0 Å². The topological polar surface area (TPSA) is 60.5 Å². The highest BCUT2D eigenvalue weighted by Gasteiger charge is 2.24. The lowest BCUT2D eigenvalue weighted by Gasteiger charge is -2.25. The Balaban J connectivity index is 1.40. The van der Waals surface area contributed by atoms with Crippen LogP contribution in [0.1, 0.15) is 22.3 Å². The van der Waals surface area contributed by atoms with Crippen molar-refractivity contribution in [2.24, 2.45) is 0 Å². The van der Waals surface area contributed by atoms with Crippen molar-refractivity contribution in [2.45, 2.75) is 32.9 Å². The van der Waals surface area contributed by atoms with E-state index in [4.69, 9.17) is 14.5 Å². The van der Waals surface area contributed by atoms with Gasteiger partial charge in [-0.25, -0.2) is 9.78 Å². The van der Waals surface area contributed by atoms with Gasteiger partial charge in [-0.2, -0.15) is 0 Å². The van der Waals surface area contributed by atoms with Gasteiger partial charge < -0.3 is 14.8 Å². The van der Waals surface area contributed by atoms with Gasteiger partial charge in [0, 0.05) is 17.5 Å². The molecule has 0 fully saturated rings. The van der Waals surface area contributed by atoms with Crippen LogP contribution in [0.2, 0.25) is 0 Å². The molecule has 148 valence electrons. The van der Waals surface area contributed by atoms with E-state index >= 15 is 0 Å². The van der Waals surface area contributed by atoms with Crippen molar-refractivity contribution >= 4 is 6.09 Å². The van der Waals surface area contributed by atoms with E-state index in [1.54, 1.807) is 0 Å². The summed E-state index contributed by atoms with van der Waals surface area (Å²) in [5.41, 5.74) is 6.37. The van der Waals surface area contributed by atoms with Gasteiger partial charge in [-0.1, -0.05) is 54.6 Å². The maximum Gasteiger partial charge on any atom is 0.407 e. The summed E-state index contributed by atoms with van der Waals surface area (Å²) in [4.78, 5) is 16.8. The van der Waals surface area contributed by atoms with Gasteiger partial charge in [-0.05, 0) is 36.6 Å².